The Morgan fingerprint density at radius 3 is 2.11 bits per heavy atom. The fourth-order valence-electron chi connectivity index (χ4n) is 2.25. The number of nitrogens with two attached hydrogens (primary N) is 3. The molecule has 160 valence electrons. The number of hydrogen-bond donors (Lipinski definition) is 8. The highest BCUT2D eigenvalue weighted by atomic mass is 16.4. The first-order valence-corrected chi connectivity index (χ1v) is 8.94. The van der Waals surface area contributed by atoms with Crippen LogP contribution in [-0.4, -0.2) is 59.4 Å². The number of amides is 3. The van der Waals surface area contributed by atoms with E-state index in [2.05, 4.69) is 16.0 Å². The van der Waals surface area contributed by atoms with Gasteiger partial charge >= 0.3 is 5.97 Å². The number of hydrogen-bond acceptors (Lipinski definition) is 6. The van der Waals surface area contributed by atoms with Crippen molar-refractivity contribution in [3.63, 3.8) is 0 Å². The van der Waals surface area contributed by atoms with Crippen molar-refractivity contribution < 1.29 is 24.3 Å². The second kappa shape index (κ2) is 12.5. The molecule has 4 atom stereocenters. The second-order valence-corrected chi connectivity index (χ2v) is 6.53. The van der Waals surface area contributed by atoms with Crippen LogP contribution in [-0.2, 0) is 19.2 Å². The lowest BCUT2D eigenvalue weighted by atomic mass is 9.98. The van der Waals surface area contributed by atoms with Crippen LogP contribution in [0, 0.1) is 11.3 Å². The van der Waals surface area contributed by atoms with Crippen molar-refractivity contribution in [1.29, 1.82) is 5.41 Å². The van der Waals surface area contributed by atoms with Gasteiger partial charge in [-0.25, -0.2) is 4.79 Å². The molecule has 3 amide bonds. The molecule has 0 heterocycles. The number of carbonyl (C=O) groups excluding carboxylic acids is 3. The third kappa shape index (κ3) is 9.71. The Bertz CT molecular complexity index is 584. The smallest absolute Gasteiger partial charge is 0.326 e. The van der Waals surface area contributed by atoms with Gasteiger partial charge in [0, 0.05) is 6.54 Å². The zero-order chi connectivity index (χ0) is 21.9. The van der Waals surface area contributed by atoms with Crippen LogP contribution in [0.1, 0.15) is 39.5 Å². The number of rotatable bonds is 13. The first-order chi connectivity index (χ1) is 13.0. The highest BCUT2D eigenvalue weighted by molar-refractivity contribution is 5.93. The summed E-state index contributed by atoms with van der Waals surface area (Å²) in [6, 6.07) is -3.43. The lowest BCUT2D eigenvalue weighted by Gasteiger charge is -2.24. The van der Waals surface area contributed by atoms with Gasteiger partial charge in [-0.1, -0.05) is 20.3 Å². The Balaban J connectivity index is 5.14. The van der Waals surface area contributed by atoms with Crippen LogP contribution in [0.4, 0.5) is 0 Å². The van der Waals surface area contributed by atoms with Crippen molar-refractivity contribution in [1.82, 2.24) is 16.0 Å². The molecule has 0 aromatic carbocycles. The molecule has 0 spiro atoms. The number of primary amides is 1. The predicted molar refractivity (Wildman–Crippen MR) is 102 cm³/mol. The van der Waals surface area contributed by atoms with Gasteiger partial charge in [0.15, 0.2) is 5.96 Å². The predicted octanol–water partition coefficient (Wildman–Crippen LogP) is -2.45. The molecule has 12 heteroatoms. The summed E-state index contributed by atoms with van der Waals surface area (Å²) in [6.07, 6.45) is 0.561. The summed E-state index contributed by atoms with van der Waals surface area (Å²) < 4.78 is 0. The summed E-state index contributed by atoms with van der Waals surface area (Å²) in [6.45, 7) is 3.94. The molecule has 0 unspecified atom stereocenters. The van der Waals surface area contributed by atoms with Gasteiger partial charge < -0.3 is 38.3 Å². The summed E-state index contributed by atoms with van der Waals surface area (Å²) >= 11 is 0. The molecule has 0 saturated carbocycles. The van der Waals surface area contributed by atoms with E-state index in [-0.39, 0.29) is 24.8 Å². The number of guanidine groups is 1. The van der Waals surface area contributed by atoms with E-state index in [1.807, 2.05) is 6.92 Å². The first-order valence-electron chi connectivity index (χ1n) is 8.94. The van der Waals surface area contributed by atoms with Gasteiger partial charge in [0.2, 0.25) is 17.7 Å². The fraction of sp³-hybridized carbons (Fsp3) is 0.688. The minimum absolute atomic E-state index is 0.121. The Labute approximate surface area is 163 Å². The summed E-state index contributed by atoms with van der Waals surface area (Å²) in [5.41, 5.74) is 16.1. The number of nitrogens with one attached hydrogen (secondary N) is 4. The Morgan fingerprint density at radius 2 is 1.64 bits per heavy atom. The van der Waals surface area contributed by atoms with E-state index in [1.54, 1.807) is 6.92 Å². The van der Waals surface area contributed by atoms with Gasteiger partial charge in [0.1, 0.15) is 12.1 Å². The number of carbonyl (C=O) groups is 4. The third-order valence-electron chi connectivity index (χ3n) is 4.20. The van der Waals surface area contributed by atoms with Crippen molar-refractivity contribution in [3.05, 3.63) is 0 Å². The normalized spacial score (nSPS) is 14.8. The van der Waals surface area contributed by atoms with Gasteiger partial charge in [-0.3, -0.25) is 19.8 Å². The van der Waals surface area contributed by atoms with Crippen molar-refractivity contribution in [2.75, 3.05) is 6.54 Å². The van der Waals surface area contributed by atoms with E-state index < -0.39 is 48.2 Å². The third-order valence-corrected chi connectivity index (χ3v) is 4.20. The molecular formula is C16H31N7O5. The zero-order valence-electron chi connectivity index (χ0n) is 16.2. The average Bonchev–Trinajstić information content (AvgIpc) is 2.61. The highest BCUT2D eigenvalue weighted by Gasteiger charge is 2.29. The number of carboxylic acids is 1. The molecule has 0 aliphatic heterocycles. The van der Waals surface area contributed by atoms with Crippen LogP contribution < -0.4 is 33.2 Å². The van der Waals surface area contributed by atoms with Crippen molar-refractivity contribution in [3.8, 4) is 0 Å². The van der Waals surface area contributed by atoms with Crippen LogP contribution in [0.25, 0.3) is 0 Å². The van der Waals surface area contributed by atoms with E-state index in [4.69, 9.17) is 27.7 Å². The molecule has 0 aliphatic rings. The second-order valence-electron chi connectivity index (χ2n) is 6.53. The quantitative estimate of drug-likeness (QED) is 0.0936. The first kappa shape index (κ1) is 25.1. The Morgan fingerprint density at radius 1 is 1.07 bits per heavy atom. The minimum Gasteiger partial charge on any atom is -0.480 e. The summed E-state index contributed by atoms with van der Waals surface area (Å²) in [5, 5.41) is 23.5. The molecule has 11 N–H and O–H groups in total. The van der Waals surface area contributed by atoms with Gasteiger partial charge in [-0.15, -0.1) is 0 Å². The molecule has 0 saturated heterocycles. The largest absolute Gasteiger partial charge is 0.480 e. The van der Waals surface area contributed by atoms with E-state index >= 15 is 0 Å². The summed E-state index contributed by atoms with van der Waals surface area (Å²) in [4.78, 5) is 47.0. The maximum Gasteiger partial charge on any atom is 0.326 e. The summed E-state index contributed by atoms with van der Waals surface area (Å²) in [7, 11) is 0. The van der Waals surface area contributed by atoms with Crippen molar-refractivity contribution >= 4 is 29.7 Å². The molecule has 0 rings (SSSR count). The molecule has 0 aromatic heterocycles. The lowest BCUT2D eigenvalue weighted by Crippen LogP contribution is -2.56. The van der Waals surface area contributed by atoms with Crippen LogP contribution >= 0.6 is 0 Å². The average molecular weight is 401 g/mol. The zero-order valence-corrected chi connectivity index (χ0v) is 16.2. The van der Waals surface area contributed by atoms with Gasteiger partial charge in [-0.2, -0.15) is 0 Å². The van der Waals surface area contributed by atoms with E-state index in [0.29, 0.717) is 12.8 Å². The molecular weight excluding hydrogens is 370 g/mol. The van der Waals surface area contributed by atoms with E-state index in [0.717, 1.165) is 0 Å². The van der Waals surface area contributed by atoms with Crippen molar-refractivity contribution in [2.24, 2.45) is 23.1 Å². The number of carboxylic acid groups (broad SMARTS) is 1. The van der Waals surface area contributed by atoms with Crippen LogP contribution in [0.3, 0.4) is 0 Å². The summed E-state index contributed by atoms with van der Waals surface area (Å²) in [5.74, 6) is -4.00. The van der Waals surface area contributed by atoms with Crippen LogP contribution in [0.15, 0.2) is 0 Å². The molecule has 0 radical (unpaired) electrons. The minimum atomic E-state index is -1.51. The topological polar surface area (TPSA) is 227 Å². The number of aliphatic carboxylic acids is 1. The molecule has 0 fully saturated rings. The SMILES string of the molecule is CC[C@H](C)[C@H](N)C(=O)N[C@@H](CCCNC(=N)N)C(=O)N[C@@H](CC(N)=O)C(=O)O. The standard InChI is InChI=1S/C16H31N7O5/c1-3-8(2)12(18)14(26)22-9(5-4-6-21-16(19)20)13(25)23-10(15(27)28)7-11(17)24/h8-10,12H,3-7,18H2,1-2H3,(H2,17,24)(H,22,26)(H,23,25)(H,27,28)(H4,19,20,21)/t8-,9-,10-,12-/m0/s1. The van der Waals surface area contributed by atoms with E-state index in [9.17, 15) is 19.2 Å². The maximum absolute atomic E-state index is 12.5. The van der Waals surface area contributed by atoms with Crippen LogP contribution in [0.5, 0.6) is 0 Å². The Kier molecular flexibility index (Phi) is 11.2. The van der Waals surface area contributed by atoms with Gasteiger partial charge in [0.05, 0.1) is 12.5 Å². The lowest BCUT2D eigenvalue weighted by molar-refractivity contribution is -0.143. The molecule has 12 nitrogen and oxygen atoms in total. The maximum atomic E-state index is 12.5. The molecule has 28 heavy (non-hydrogen) atoms. The molecule has 0 aromatic rings. The monoisotopic (exact) mass is 401 g/mol. The van der Waals surface area contributed by atoms with Crippen molar-refractivity contribution in [2.45, 2.75) is 57.7 Å². The fourth-order valence-corrected chi connectivity index (χ4v) is 2.25. The highest BCUT2D eigenvalue weighted by Crippen LogP contribution is 2.07. The van der Waals surface area contributed by atoms with Crippen LogP contribution in [0.2, 0.25) is 0 Å². The molecule has 0 bridgehead atoms. The Hall–Kier alpha value is -2.89. The van der Waals surface area contributed by atoms with Gasteiger partial charge in [0.25, 0.3) is 0 Å². The van der Waals surface area contributed by atoms with E-state index in [1.165, 1.54) is 0 Å². The molecule has 0 aliphatic carbocycles. The van der Waals surface area contributed by atoms with Gasteiger partial charge in [-0.05, 0) is 18.8 Å².